The van der Waals surface area contributed by atoms with Crippen LogP contribution in [0.3, 0.4) is 0 Å². The normalized spacial score (nSPS) is 13.9. The first-order valence-corrected chi connectivity index (χ1v) is 10.7. The van der Waals surface area contributed by atoms with Crippen LogP contribution in [0.2, 0.25) is 0 Å². The lowest BCUT2D eigenvalue weighted by Crippen LogP contribution is -2.35. The number of nitrogen functional groups attached to an aromatic ring is 1. The van der Waals surface area contributed by atoms with Crippen molar-refractivity contribution in [1.29, 1.82) is 0 Å². The SMILES string of the molecule is Nc1ccc(-c2nc3c(c(=O)[nH]2)CN(Cc2ccc(-c4cccs4)nc2)CC3)cc1. The highest BCUT2D eigenvalue weighted by atomic mass is 32.1. The van der Waals surface area contributed by atoms with Crippen molar-refractivity contribution in [1.82, 2.24) is 19.9 Å². The van der Waals surface area contributed by atoms with Gasteiger partial charge in [-0.05, 0) is 47.3 Å². The van der Waals surface area contributed by atoms with Crippen LogP contribution in [0.5, 0.6) is 0 Å². The Morgan fingerprint density at radius 2 is 2.00 bits per heavy atom. The summed E-state index contributed by atoms with van der Waals surface area (Å²) < 4.78 is 0. The molecule has 0 radical (unpaired) electrons. The van der Waals surface area contributed by atoms with Crippen molar-refractivity contribution < 1.29 is 0 Å². The van der Waals surface area contributed by atoms with Gasteiger partial charge in [-0.1, -0.05) is 12.1 Å². The van der Waals surface area contributed by atoms with Crippen molar-refractivity contribution in [3.63, 3.8) is 0 Å². The molecule has 0 unspecified atom stereocenters. The molecule has 3 N–H and O–H groups in total. The number of nitrogens with two attached hydrogens (primary N) is 1. The van der Waals surface area contributed by atoms with Crippen LogP contribution in [0.25, 0.3) is 22.0 Å². The minimum absolute atomic E-state index is 0.0670. The minimum atomic E-state index is -0.0670. The molecule has 150 valence electrons. The average molecular weight is 416 g/mol. The second kappa shape index (κ2) is 7.85. The number of fused-ring (bicyclic) bond motifs is 1. The molecule has 1 aromatic carbocycles. The first kappa shape index (κ1) is 18.7. The molecule has 3 aromatic heterocycles. The van der Waals surface area contributed by atoms with Crippen LogP contribution in [0.1, 0.15) is 16.8 Å². The fourth-order valence-corrected chi connectivity index (χ4v) is 4.44. The number of hydrogen-bond donors (Lipinski definition) is 2. The van der Waals surface area contributed by atoms with E-state index in [9.17, 15) is 4.79 Å². The number of rotatable bonds is 4. The summed E-state index contributed by atoms with van der Waals surface area (Å²) in [6, 6.07) is 15.7. The summed E-state index contributed by atoms with van der Waals surface area (Å²) in [7, 11) is 0. The summed E-state index contributed by atoms with van der Waals surface area (Å²) in [6.07, 6.45) is 2.68. The monoisotopic (exact) mass is 415 g/mol. The first-order chi connectivity index (χ1) is 14.7. The van der Waals surface area contributed by atoms with E-state index in [1.165, 1.54) is 4.88 Å². The second-order valence-electron chi connectivity index (χ2n) is 7.45. The van der Waals surface area contributed by atoms with Gasteiger partial charge >= 0.3 is 0 Å². The van der Waals surface area contributed by atoms with Crippen LogP contribution in [-0.4, -0.2) is 26.4 Å². The third-order valence-corrected chi connectivity index (χ3v) is 6.23. The van der Waals surface area contributed by atoms with Gasteiger partial charge in [0.2, 0.25) is 0 Å². The summed E-state index contributed by atoms with van der Waals surface area (Å²) in [5, 5.41) is 2.06. The number of hydrogen-bond acceptors (Lipinski definition) is 6. The number of nitrogens with one attached hydrogen (secondary N) is 1. The molecule has 1 aliphatic rings. The lowest BCUT2D eigenvalue weighted by atomic mass is 10.1. The van der Waals surface area contributed by atoms with E-state index in [1.54, 1.807) is 11.3 Å². The van der Waals surface area contributed by atoms with E-state index in [2.05, 4.69) is 38.4 Å². The van der Waals surface area contributed by atoms with Crippen molar-refractivity contribution in [3.05, 3.63) is 87.3 Å². The van der Waals surface area contributed by atoms with Crippen molar-refractivity contribution in [3.8, 4) is 22.0 Å². The summed E-state index contributed by atoms with van der Waals surface area (Å²) in [5.41, 5.74) is 11.0. The summed E-state index contributed by atoms with van der Waals surface area (Å²) >= 11 is 1.69. The lowest BCUT2D eigenvalue weighted by Gasteiger charge is -2.27. The zero-order valence-electron chi connectivity index (χ0n) is 16.3. The Morgan fingerprint density at radius 3 is 2.73 bits per heavy atom. The largest absolute Gasteiger partial charge is 0.399 e. The van der Waals surface area contributed by atoms with Crippen molar-refractivity contribution in [2.75, 3.05) is 12.3 Å². The third-order valence-electron chi connectivity index (χ3n) is 5.34. The van der Waals surface area contributed by atoms with E-state index in [1.807, 2.05) is 36.5 Å². The van der Waals surface area contributed by atoms with Gasteiger partial charge in [-0.25, -0.2) is 4.98 Å². The standard InChI is InChI=1S/C23H21N5OS/c24-17-6-4-16(5-7-17)22-26-19-9-10-28(14-18(19)23(29)27-22)13-15-3-8-20(25-12-15)21-2-1-11-30-21/h1-8,11-12H,9-10,13-14,24H2,(H,26,27,29). The molecule has 4 aromatic rings. The Hall–Kier alpha value is -3.29. The molecule has 6 nitrogen and oxygen atoms in total. The number of aromatic nitrogens is 3. The highest BCUT2D eigenvalue weighted by molar-refractivity contribution is 7.13. The van der Waals surface area contributed by atoms with Crippen LogP contribution < -0.4 is 11.3 Å². The molecular formula is C23H21N5OS. The number of nitrogens with zero attached hydrogens (tertiary/aromatic N) is 3. The zero-order chi connectivity index (χ0) is 20.5. The number of H-pyrrole nitrogens is 1. The maximum Gasteiger partial charge on any atom is 0.255 e. The molecule has 1 aliphatic heterocycles. The maximum atomic E-state index is 12.7. The maximum absolute atomic E-state index is 12.7. The first-order valence-electron chi connectivity index (χ1n) is 9.85. The molecule has 4 heterocycles. The number of thiophene rings is 1. The van der Waals surface area contributed by atoms with Crippen molar-refractivity contribution in [2.24, 2.45) is 0 Å². The Kier molecular flexibility index (Phi) is 4.90. The van der Waals surface area contributed by atoms with E-state index < -0.39 is 0 Å². The van der Waals surface area contributed by atoms with Gasteiger partial charge in [-0.15, -0.1) is 11.3 Å². The Balaban J connectivity index is 1.32. The molecule has 0 amide bonds. The molecule has 0 spiro atoms. The van der Waals surface area contributed by atoms with Crippen LogP contribution in [0.4, 0.5) is 5.69 Å². The minimum Gasteiger partial charge on any atom is -0.399 e. The van der Waals surface area contributed by atoms with Crippen molar-refractivity contribution in [2.45, 2.75) is 19.5 Å². The van der Waals surface area contributed by atoms with Crippen LogP contribution >= 0.6 is 11.3 Å². The van der Waals surface area contributed by atoms with Gasteiger partial charge in [0.05, 0.1) is 21.8 Å². The molecule has 7 heteroatoms. The second-order valence-corrected chi connectivity index (χ2v) is 8.40. The van der Waals surface area contributed by atoms with E-state index in [0.29, 0.717) is 18.1 Å². The topological polar surface area (TPSA) is 87.9 Å². The van der Waals surface area contributed by atoms with E-state index in [4.69, 9.17) is 10.7 Å². The smallest absolute Gasteiger partial charge is 0.255 e. The van der Waals surface area contributed by atoms with E-state index in [0.717, 1.165) is 47.6 Å². The average Bonchev–Trinajstić information content (AvgIpc) is 3.30. The summed E-state index contributed by atoms with van der Waals surface area (Å²) in [6.45, 7) is 2.21. The predicted octanol–water partition coefficient (Wildman–Crippen LogP) is 3.70. The van der Waals surface area contributed by atoms with Gasteiger partial charge in [-0.2, -0.15) is 0 Å². The van der Waals surface area contributed by atoms with Crippen LogP contribution in [0.15, 0.2) is 64.9 Å². The van der Waals surface area contributed by atoms with Gasteiger partial charge in [0.15, 0.2) is 0 Å². The van der Waals surface area contributed by atoms with Gasteiger partial charge in [-0.3, -0.25) is 14.7 Å². The highest BCUT2D eigenvalue weighted by Crippen LogP contribution is 2.24. The van der Waals surface area contributed by atoms with Gasteiger partial charge in [0.25, 0.3) is 5.56 Å². The molecule has 0 aliphatic carbocycles. The Bertz CT molecular complexity index is 1210. The fraction of sp³-hybridized carbons (Fsp3) is 0.174. The van der Waals surface area contributed by atoms with E-state index in [-0.39, 0.29) is 5.56 Å². The van der Waals surface area contributed by atoms with Crippen LogP contribution in [-0.2, 0) is 19.5 Å². The zero-order valence-corrected chi connectivity index (χ0v) is 17.2. The Labute approximate surface area is 178 Å². The molecule has 5 rings (SSSR count). The predicted molar refractivity (Wildman–Crippen MR) is 120 cm³/mol. The number of benzene rings is 1. The molecule has 0 saturated heterocycles. The lowest BCUT2D eigenvalue weighted by molar-refractivity contribution is 0.241. The molecule has 0 fully saturated rings. The molecule has 0 atom stereocenters. The molecule has 30 heavy (non-hydrogen) atoms. The summed E-state index contributed by atoms with van der Waals surface area (Å²) in [5.74, 6) is 0.598. The molecular weight excluding hydrogens is 394 g/mol. The van der Waals surface area contributed by atoms with Crippen molar-refractivity contribution >= 4 is 17.0 Å². The number of aromatic amines is 1. The number of anilines is 1. The van der Waals surface area contributed by atoms with Crippen LogP contribution in [0, 0.1) is 0 Å². The highest BCUT2D eigenvalue weighted by Gasteiger charge is 2.21. The fourth-order valence-electron chi connectivity index (χ4n) is 3.74. The Morgan fingerprint density at radius 1 is 1.13 bits per heavy atom. The third kappa shape index (κ3) is 3.77. The van der Waals surface area contributed by atoms with Gasteiger partial charge in [0.1, 0.15) is 5.82 Å². The number of pyridine rings is 1. The summed E-state index contributed by atoms with van der Waals surface area (Å²) in [4.78, 5) is 28.4. The molecule has 0 bridgehead atoms. The van der Waals surface area contributed by atoms with Gasteiger partial charge in [0, 0.05) is 43.5 Å². The van der Waals surface area contributed by atoms with Gasteiger partial charge < -0.3 is 10.7 Å². The van der Waals surface area contributed by atoms with E-state index >= 15 is 0 Å². The molecule has 0 saturated carbocycles. The quantitative estimate of drug-likeness (QED) is 0.496.